The van der Waals surface area contributed by atoms with Crippen LogP contribution in [-0.2, 0) is 4.79 Å². The number of nitrogens with zero attached hydrogens (tertiary/aromatic N) is 2. The maximum atomic E-state index is 11.1. The molecule has 0 bridgehead atoms. The predicted octanol–water partition coefficient (Wildman–Crippen LogP) is 7.07. The number of carbonyl (C=O) groups is 1. The number of aliphatic carboxylic acids is 1. The molecule has 2 fully saturated rings. The van der Waals surface area contributed by atoms with Gasteiger partial charge < -0.3 is 14.7 Å². The molecule has 1 aromatic heterocycles. The Morgan fingerprint density at radius 3 is 2.41 bits per heavy atom. The second-order valence-corrected chi connectivity index (χ2v) is 10.3. The molecule has 2 aliphatic rings. The van der Waals surface area contributed by atoms with E-state index in [2.05, 4.69) is 4.90 Å². The van der Waals surface area contributed by atoms with Gasteiger partial charge in [-0.25, -0.2) is 4.98 Å². The molecule has 8 heteroatoms. The van der Waals surface area contributed by atoms with E-state index in [0.29, 0.717) is 22.8 Å². The number of hydrogen-bond acceptors (Lipinski definition) is 5. The molecule has 1 aromatic carbocycles. The van der Waals surface area contributed by atoms with Gasteiger partial charge in [-0.2, -0.15) is 0 Å². The minimum atomic E-state index is -0.783. The molecule has 4 rings (SSSR count). The number of ether oxygens (including phenoxy) is 1. The second kappa shape index (κ2) is 12.1. The molecule has 0 amide bonds. The summed E-state index contributed by atoms with van der Waals surface area (Å²) in [5.41, 5.74) is 1.72. The van der Waals surface area contributed by atoms with E-state index in [4.69, 9.17) is 26.4 Å². The number of carboxylic acid groups (broad SMARTS) is 1. The molecule has 1 N–H and O–H groups in total. The molecule has 0 unspecified atom stereocenters. The van der Waals surface area contributed by atoms with Gasteiger partial charge in [-0.05, 0) is 55.9 Å². The molecule has 2 aromatic rings. The van der Waals surface area contributed by atoms with Crippen LogP contribution in [0.5, 0.6) is 5.75 Å². The fourth-order valence-corrected chi connectivity index (χ4v) is 6.01. The SMILES string of the molecule is Cl.O=C(O)CCN(c1nc(-c2ccc(OCC3CCCCC3)cc2)c(Cl)s1)C1CCCC1. The minimum Gasteiger partial charge on any atom is -0.493 e. The van der Waals surface area contributed by atoms with Gasteiger partial charge in [0.2, 0.25) is 0 Å². The van der Waals surface area contributed by atoms with Crippen LogP contribution in [0.2, 0.25) is 4.34 Å². The molecular weight excluding hydrogens is 467 g/mol. The number of benzene rings is 1. The van der Waals surface area contributed by atoms with Gasteiger partial charge in [0, 0.05) is 18.2 Å². The van der Waals surface area contributed by atoms with E-state index in [1.165, 1.54) is 56.3 Å². The van der Waals surface area contributed by atoms with Gasteiger partial charge in [-0.15, -0.1) is 12.4 Å². The van der Waals surface area contributed by atoms with Crippen molar-refractivity contribution in [3.8, 4) is 17.0 Å². The van der Waals surface area contributed by atoms with Crippen LogP contribution in [0.15, 0.2) is 24.3 Å². The Bertz CT molecular complexity index is 863. The summed E-state index contributed by atoms with van der Waals surface area (Å²) >= 11 is 8.02. The molecular formula is C24H32Cl2N2O3S. The third-order valence-corrected chi connectivity index (χ3v) is 7.78. The number of aromatic nitrogens is 1. The first-order valence-corrected chi connectivity index (χ1v) is 12.7. The van der Waals surface area contributed by atoms with E-state index in [-0.39, 0.29) is 18.8 Å². The first-order chi connectivity index (χ1) is 15.1. The average molecular weight is 500 g/mol. The molecule has 0 atom stereocenters. The summed E-state index contributed by atoms with van der Waals surface area (Å²) in [6.07, 6.45) is 11.2. The van der Waals surface area contributed by atoms with E-state index < -0.39 is 5.97 Å². The van der Waals surface area contributed by atoms with Crippen molar-refractivity contribution in [1.82, 2.24) is 4.98 Å². The highest BCUT2D eigenvalue weighted by Crippen LogP contribution is 2.40. The number of halogens is 2. The third-order valence-electron chi connectivity index (χ3n) is 6.49. The Labute approximate surface area is 205 Å². The normalized spacial score (nSPS) is 17.2. The highest BCUT2D eigenvalue weighted by atomic mass is 35.5. The number of anilines is 1. The summed E-state index contributed by atoms with van der Waals surface area (Å²) in [6.45, 7) is 1.26. The summed E-state index contributed by atoms with van der Waals surface area (Å²) in [7, 11) is 0. The van der Waals surface area contributed by atoms with Gasteiger partial charge in [-0.3, -0.25) is 4.79 Å². The fourth-order valence-electron chi connectivity index (χ4n) is 4.74. The Morgan fingerprint density at radius 2 is 1.75 bits per heavy atom. The maximum Gasteiger partial charge on any atom is 0.305 e. The van der Waals surface area contributed by atoms with Crippen molar-refractivity contribution < 1.29 is 14.6 Å². The predicted molar refractivity (Wildman–Crippen MR) is 134 cm³/mol. The molecule has 0 aliphatic heterocycles. The summed E-state index contributed by atoms with van der Waals surface area (Å²) < 4.78 is 6.66. The van der Waals surface area contributed by atoms with Crippen molar-refractivity contribution >= 4 is 46.4 Å². The van der Waals surface area contributed by atoms with E-state index in [1.54, 1.807) is 0 Å². The fraction of sp³-hybridized carbons (Fsp3) is 0.583. The second-order valence-electron chi connectivity index (χ2n) is 8.73. The quantitative estimate of drug-likeness (QED) is 0.400. The van der Waals surface area contributed by atoms with E-state index >= 15 is 0 Å². The lowest BCUT2D eigenvalue weighted by molar-refractivity contribution is -0.136. The molecule has 0 saturated heterocycles. The van der Waals surface area contributed by atoms with Crippen LogP contribution in [0.25, 0.3) is 11.3 Å². The zero-order valence-corrected chi connectivity index (χ0v) is 20.7. The van der Waals surface area contributed by atoms with Crippen LogP contribution >= 0.6 is 35.3 Å². The number of hydrogen-bond donors (Lipinski definition) is 1. The topological polar surface area (TPSA) is 62.7 Å². The van der Waals surface area contributed by atoms with Crippen molar-refractivity contribution in [3.63, 3.8) is 0 Å². The average Bonchev–Trinajstić information content (AvgIpc) is 3.44. The van der Waals surface area contributed by atoms with Gasteiger partial charge in [-0.1, -0.05) is 55.0 Å². The molecule has 0 radical (unpaired) electrons. The monoisotopic (exact) mass is 498 g/mol. The van der Waals surface area contributed by atoms with Gasteiger partial charge in [0.25, 0.3) is 0 Å². The van der Waals surface area contributed by atoms with Crippen molar-refractivity contribution in [3.05, 3.63) is 28.6 Å². The summed E-state index contributed by atoms with van der Waals surface area (Å²) in [6, 6.07) is 8.36. The van der Waals surface area contributed by atoms with Crippen LogP contribution in [0.3, 0.4) is 0 Å². The first kappa shape index (κ1) is 25.1. The lowest BCUT2D eigenvalue weighted by atomic mass is 9.90. The van der Waals surface area contributed by atoms with Crippen LogP contribution in [0.1, 0.15) is 64.2 Å². The Kier molecular flexibility index (Phi) is 9.50. The van der Waals surface area contributed by atoms with Crippen molar-refractivity contribution in [2.75, 3.05) is 18.1 Å². The Hall–Kier alpha value is -1.50. The summed E-state index contributed by atoms with van der Waals surface area (Å²) in [4.78, 5) is 18.1. The van der Waals surface area contributed by atoms with Crippen LogP contribution in [0, 0.1) is 5.92 Å². The largest absolute Gasteiger partial charge is 0.493 e. The standard InChI is InChI=1S/C24H31ClN2O3S.ClH/c25-23-22(18-10-12-20(13-11-18)30-16-17-6-2-1-3-7-17)26-24(31-23)27(15-14-21(28)29)19-8-4-5-9-19;/h10-13,17,19H,1-9,14-16H2,(H,28,29);1H. The third kappa shape index (κ3) is 6.52. The molecule has 32 heavy (non-hydrogen) atoms. The first-order valence-electron chi connectivity index (χ1n) is 11.5. The van der Waals surface area contributed by atoms with Crippen molar-refractivity contribution in [2.45, 2.75) is 70.3 Å². The maximum absolute atomic E-state index is 11.1. The van der Waals surface area contributed by atoms with Crippen molar-refractivity contribution in [2.24, 2.45) is 5.92 Å². The Balaban J connectivity index is 0.00000289. The van der Waals surface area contributed by atoms with Crippen LogP contribution in [-0.4, -0.2) is 35.3 Å². The number of rotatable bonds is 9. The molecule has 2 aliphatic carbocycles. The van der Waals surface area contributed by atoms with E-state index in [0.717, 1.165) is 41.6 Å². The van der Waals surface area contributed by atoms with Crippen molar-refractivity contribution in [1.29, 1.82) is 0 Å². The smallest absolute Gasteiger partial charge is 0.305 e. The van der Waals surface area contributed by atoms with Gasteiger partial charge in [0.1, 0.15) is 15.8 Å². The molecule has 2 saturated carbocycles. The number of carboxylic acids is 1. The molecule has 176 valence electrons. The molecule has 1 heterocycles. The van der Waals surface area contributed by atoms with Gasteiger partial charge in [0.15, 0.2) is 5.13 Å². The lowest BCUT2D eigenvalue weighted by Crippen LogP contribution is -2.35. The van der Waals surface area contributed by atoms with Gasteiger partial charge >= 0.3 is 5.97 Å². The minimum absolute atomic E-state index is 0. The summed E-state index contributed by atoms with van der Waals surface area (Å²) in [5.74, 6) is 0.779. The van der Waals surface area contributed by atoms with Crippen LogP contribution < -0.4 is 9.64 Å². The molecule has 5 nitrogen and oxygen atoms in total. The van der Waals surface area contributed by atoms with E-state index in [9.17, 15) is 4.79 Å². The van der Waals surface area contributed by atoms with Gasteiger partial charge in [0.05, 0.1) is 13.0 Å². The zero-order valence-electron chi connectivity index (χ0n) is 18.3. The van der Waals surface area contributed by atoms with E-state index in [1.807, 2.05) is 24.3 Å². The lowest BCUT2D eigenvalue weighted by Gasteiger charge is -2.27. The summed E-state index contributed by atoms with van der Waals surface area (Å²) in [5, 5.41) is 9.99. The highest BCUT2D eigenvalue weighted by molar-refractivity contribution is 7.20. The zero-order chi connectivity index (χ0) is 21.6. The highest BCUT2D eigenvalue weighted by Gasteiger charge is 2.27. The Morgan fingerprint density at radius 1 is 1.09 bits per heavy atom. The molecule has 0 spiro atoms. The van der Waals surface area contributed by atoms with Crippen LogP contribution in [0.4, 0.5) is 5.13 Å². The number of thiazole rings is 1.